The van der Waals surface area contributed by atoms with Gasteiger partial charge in [0.2, 0.25) is 0 Å². The second-order valence-electron chi connectivity index (χ2n) is 4.35. The Morgan fingerprint density at radius 2 is 1.84 bits per heavy atom. The van der Waals surface area contributed by atoms with E-state index in [-0.39, 0.29) is 22.8 Å². The van der Waals surface area contributed by atoms with Gasteiger partial charge in [-0.1, -0.05) is 17.7 Å². The van der Waals surface area contributed by atoms with E-state index in [4.69, 9.17) is 11.6 Å². The number of hydrogen-bond acceptors (Lipinski definition) is 1. The highest BCUT2D eigenvalue weighted by atomic mass is 35.5. The van der Waals surface area contributed by atoms with E-state index in [0.717, 1.165) is 6.07 Å². The largest absolute Gasteiger partial charge is 0.294 e. The van der Waals surface area contributed by atoms with E-state index in [2.05, 4.69) is 0 Å². The van der Waals surface area contributed by atoms with Crippen molar-refractivity contribution in [1.29, 1.82) is 0 Å². The van der Waals surface area contributed by atoms with Gasteiger partial charge in [0, 0.05) is 17.0 Å². The summed E-state index contributed by atoms with van der Waals surface area (Å²) in [5, 5.41) is 0.196. The summed E-state index contributed by atoms with van der Waals surface area (Å²) in [6.45, 7) is 1.71. The minimum atomic E-state index is -0.456. The van der Waals surface area contributed by atoms with Crippen LogP contribution in [0.2, 0.25) is 5.02 Å². The van der Waals surface area contributed by atoms with Crippen LogP contribution in [-0.2, 0) is 6.42 Å². The van der Waals surface area contributed by atoms with Gasteiger partial charge in [-0.2, -0.15) is 0 Å². The summed E-state index contributed by atoms with van der Waals surface area (Å²) in [5.41, 5.74) is 1.49. The van der Waals surface area contributed by atoms with E-state index in [9.17, 15) is 13.6 Å². The van der Waals surface area contributed by atoms with E-state index >= 15 is 0 Å². The zero-order valence-corrected chi connectivity index (χ0v) is 11.0. The molecule has 0 amide bonds. The molecule has 0 atom stereocenters. The second-order valence-corrected chi connectivity index (χ2v) is 4.76. The number of rotatable bonds is 3. The van der Waals surface area contributed by atoms with Crippen LogP contribution in [0.4, 0.5) is 8.78 Å². The number of carbonyl (C=O) groups excluding carboxylic acids is 1. The van der Waals surface area contributed by atoms with Crippen molar-refractivity contribution in [2.75, 3.05) is 0 Å². The average molecular weight is 281 g/mol. The molecule has 4 heteroatoms. The molecule has 98 valence electrons. The molecule has 0 aliphatic heterocycles. The highest BCUT2D eigenvalue weighted by molar-refractivity contribution is 6.31. The molecule has 1 nitrogen and oxygen atoms in total. The third-order valence-corrected chi connectivity index (χ3v) is 3.08. The van der Waals surface area contributed by atoms with Crippen LogP contribution in [0, 0.1) is 18.6 Å². The molecule has 0 bridgehead atoms. The van der Waals surface area contributed by atoms with Crippen LogP contribution in [0.3, 0.4) is 0 Å². The van der Waals surface area contributed by atoms with E-state index in [1.807, 2.05) is 0 Å². The summed E-state index contributed by atoms with van der Waals surface area (Å²) in [6, 6.07) is 8.01. The first-order chi connectivity index (χ1) is 8.95. The van der Waals surface area contributed by atoms with Gasteiger partial charge in [0.05, 0.1) is 0 Å². The number of ketones is 1. The quantitative estimate of drug-likeness (QED) is 0.764. The lowest BCUT2D eigenvalue weighted by molar-refractivity contribution is 0.0992. The molecule has 0 saturated carbocycles. The molecular weight excluding hydrogens is 270 g/mol. The Bertz CT molecular complexity index is 618. The van der Waals surface area contributed by atoms with Gasteiger partial charge in [0.25, 0.3) is 0 Å². The summed E-state index contributed by atoms with van der Waals surface area (Å²) in [7, 11) is 0. The van der Waals surface area contributed by atoms with Crippen molar-refractivity contribution in [3.05, 3.63) is 69.7 Å². The SMILES string of the molecule is Cc1cc(F)cc(C(=O)Cc2ccc(F)cc2Cl)c1. The zero-order chi connectivity index (χ0) is 14.0. The molecule has 0 heterocycles. The van der Waals surface area contributed by atoms with Gasteiger partial charge in [0.15, 0.2) is 5.78 Å². The lowest BCUT2D eigenvalue weighted by Crippen LogP contribution is -2.05. The van der Waals surface area contributed by atoms with Crippen LogP contribution < -0.4 is 0 Å². The fourth-order valence-electron chi connectivity index (χ4n) is 1.84. The summed E-state index contributed by atoms with van der Waals surface area (Å²) >= 11 is 5.86. The van der Waals surface area contributed by atoms with E-state index in [1.165, 1.54) is 24.3 Å². The van der Waals surface area contributed by atoms with Crippen molar-refractivity contribution < 1.29 is 13.6 Å². The first-order valence-electron chi connectivity index (χ1n) is 5.70. The van der Waals surface area contributed by atoms with E-state index < -0.39 is 11.6 Å². The van der Waals surface area contributed by atoms with E-state index in [0.29, 0.717) is 11.1 Å². The van der Waals surface area contributed by atoms with Crippen LogP contribution >= 0.6 is 11.6 Å². The number of hydrogen-bond donors (Lipinski definition) is 0. The molecule has 2 aromatic rings. The maximum absolute atomic E-state index is 13.2. The molecule has 0 N–H and O–H groups in total. The summed E-state index contributed by atoms with van der Waals surface area (Å²) < 4.78 is 26.1. The van der Waals surface area contributed by atoms with Crippen LogP contribution in [0.5, 0.6) is 0 Å². The molecule has 19 heavy (non-hydrogen) atoms. The van der Waals surface area contributed by atoms with Gasteiger partial charge in [0.1, 0.15) is 11.6 Å². The van der Waals surface area contributed by atoms with Crippen molar-refractivity contribution in [2.45, 2.75) is 13.3 Å². The molecule has 2 rings (SSSR count). The average Bonchev–Trinajstić information content (AvgIpc) is 2.31. The molecule has 0 radical (unpaired) electrons. The van der Waals surface area contributed by atoms with Crippen molar-refractivity contribution in [1.82, 2.24) is 0 Å². The molecule has 2 aromatic carbocycles. The zero-order valence-electron chi connectivity index (χ0n) is 10.2. The number of Topliss-reactive ketones (excluding diaryl/α,β-unsaturated/α-hetero) is 1. The van der Waals surface area contributed by atoms with Gasteiger partial charge in [-0.05, 0) is 48.4 Å². The normalized spacial score (nSPS) is 10.5. The Morgan fingerprint density at radius 3 is 2.47 bits per heavy atom. The number of carbonyl (C=O) groups is 1. The molecule has 0 saturated heterocycles. The summed E-state index contributed by atoms with van der Waals surface area (Å²) in [5.74, 6) is -1.16. The van der Waals surface area contributed by atoms with Crippen molar-refractivity contribution in [3.8, 4) is 0 Å². The highest BCUT2D eigenvalue weighted by Crippen LogP contribution is 2.20. The molecule has 0 aromatic heterocycles. The number of halogens is 3. The van der Waals surface area contributed by atoms with Crippen LogP contribution in [0.15, 0.2) is 36.4 Å². The minimum Gasteiger partial charge on any atom is -0.294 e. The monoisotopic (exact) mass is 280 g/mol. The van der Waals surface area contributed by atoms with Gasteiger partial charge in [-0.3, -0.25) is 4.79 Å². The molecule has 0 aliphatic rings. The predicted octanol–water partition coefficient (Wildman–Crippen LogP) is 4.35. The Morgan fingerprint density at radius 1 is 1.11 bits per heavy atom. The molecule has 0 unspecified atom stereocenters. The fourth-order valence-corrected chi connectivity index (χ4v) is 2.07. The van der Waals surface area contributed by atoms with E-state index in [1.54, 1.807) is 13.0 Å². The van der Waals surface area contributed by atoms with Crippen LogP contribution in [-0.4, -0.2) is 5.78 Å². The predicted molar refractivity (Wildman–Crippen MR) is 70.6 cm³/mol. The van der Waals surface area contributed by atoms with Crippen LogP contribution in [0.25, 0.3) is 0 Å². The fraction of sp³-hybridized carbons (Fsp3) is 0.133. The van der Waals surface area contributed by atoms with Gasteiger partial charge < -0.3 is 0 Å². The first kappa shape index (κ1) is 13.7. The third kappa shape index (κ3) is 3.38. The topological polar surface area (TPSA) is 17.1 Å². The smallest absolute Gasteiger partial charge is 0.167 e. The number of benzene rings is 2. The first-order valence-corrected chi connectivity index (χ1v) is 6.08. The lowest BCUT2D eigenvalue weighted by atomic mass is 10.0. The minimum absolute atomic E-state index is 0.0159. The maximum Gasteiger partial charge on any atom is 0.167 e. The maximum atomic E-state index is 13.2. The highest BCUT2D eigenvalue weighted by Gasteiger charge is 2.11. The van der Waals surface area contributed by atoms with Crippen molar-refractivity contribution in [3.63, 3.8) is 0 Å². The summed E-state index contributed by atoms with van der Waals surface area (Å²) in [6.07, 6.45) is 0.0159. The Kier molecular flexibility index (Phi) is 3.96. The van der Waals surface area contributed by atoms with Gasteiger partial charge >= 0.3 is 0 Å². The Hall–Kier alpha value is -1.74. The Labute approximate surface area is 114 Å². The van der Waals surface area contributed by atoms with Gasteiger partial charge in [-0.25, -0.2) is 8.78 Å². The van der Waals surface area contributed by atoms with Crippen LogP contribution in [0.1, 0.15) is 21.5 Å². The lowest BCUT2D eigenvalue weighted by Gasteiger charge is -2.05. The second kappa shape index (κ2) is 5.49. The number of aryl methyl sites for hydroxylation is 1. The Balaban J connectivity index is 2.25. The molecule has 0 aliphatic carbocycles. The summed E-state index contributed by atoms with van der Waals surface area (Å²) in [4.78, 5) is 12.0. The molecule has 0 spiro atoms. The van der Waals surface area contributed by atoms with Crippen molar-refractivity contribution >= 4 is 17.4 Å². The third-order valence-electron chi connectivity index (χ3n) is 2.73. The molecular formula is C15H11ClF2O. The standard InChI is InChI=1S/C15H11ClF2O/c1-9-4-11(6-13(18)5-9)15(19)7-10-2-3-12(17)8-14(10)16/h2-6,8H,7H2,1H3. The van der Waals surface area contributed by atoms with Gasteiger partial charge in [-0.15, -0.1) is 0 Å². The van der Waals surface area contributed by atoms with Crippen molar-refractivity contribution in [2.24, 2.45) is 0 Å². The molecule has 0 fully saturated rings.